The summed E-state index contributed by atoms with van der Waals surface area (Å²) in [6.45, 7) is 2.15. The van der Waals surface area contributed by atoms with Gasteiger partial charge in [-0.15, -0.1) is 0 Å². The van der Waals surface area contributed by atoms with Gasteiger partial charge in [-0.05, 0) is 55.5 Å². The van der Waals surface area contributed by atoms with Gasteiger partial charge in [-0.3, -0.25) is 0 Å². The van der Waals surface area contributed by atoms with Crippen molar-refractivity contribution in [3.63, 3.8) is 0 Å². The summed E-state index contributed by atoms with van der Waals surface area (Å²) < 4.78 is 15.7. The van der Waals surface area contributed by atoms with Gasteiger partial charge in [0.25, 0.3) is 0 Å². The Hall–Kier alpha value is -2.49. The standard InChI is InChI=1S/C20H24O4/c1-4-24-20(21)19-16(9-6-10-18(19)23-3)8-5-7-15-11-13-17(22-2)14-12-15/h6,9-14H,4-5,7-8H2,1-3H3. The van der Waals surface area contributed by atoms with Gasteiger partial charge in [0, 0.05) is 0 Å². The molecule has 2 aromatic rings. The van der Waals surface area contributed by atoms with Crippen molar-refractivity contribution in [2.75, 3.05) is 20.8 Å². The lowest BCUT2D eigenvalue weighted by molar-refractivity contribution is 0.0521. The van der Waals surface area contributed by atoms with Gasteiger partial charge in [-0.1, -0.05) is 24.3 Å². The van der Waals surface area contributed by atoms with Crippen LogP contribution in [0.5, 0.6) is 11.5 Å². The van der Waals surface area contributed by atoms with E-state index in [0.29, 0.717) is 17.9 Å². The van der Waals surface area contributed by atoms with Crippen LogP contribution in [0.1, 0.15) is 34.8 Å². The maximum absolute atomic E-state index is 12.2. The summed E-state index contributed by atoms with van der Waals surface area (Å²) in [5, 5.41) is 0. The van der Waals surface area contributed by atoms with Crippen LogP contribution < -0.4 is 9.47 Å². The first-order valence-corrected chi connectivity index (χ1v) is 8.15. The van der Waals surface area contributed by atoms with E-state index in [4.69, 9.17) is 14.2 Å². The van der Waals surface area contributed by atoms with Crippen molar-refractivity contribution in [2.45, 2.75) is 26.2 Å². The second-order valence-electron chi connectivity index (χ2n) is 5.42. The fraction of sp³-hybridized carbons (Fsp3) is 0.350. The summed E-state index contributed by atoms with van der Waals surface area (Å²) in [7, 11) is 3.23. The largest absolute Gasteiger partial charge is 0.497 e. The molecule has 2 rings (SSSR count). The number of carbonyl (C=O) groups excluding carboxylic acids is 1. The van der Waals surface area contributed by atoms with Crippen LogP contribution in [-0.4, -0.2) is 26.8 Å². The Morgan fingerprint density at radius 3 is 2.33 bits per heavy atom. The molecule has 128 valence electrons. The van der Waals surface area contributed by atoms with Gasteiger partial charge in [0.05, 0.1) is 20.8 Å². The minimum atomic E-state index is -0.325. The van der Waals surface area contributed by atoms with E-state index < -0.39 is 0 Å². The van der Waals surface area contributed by atoms with E-state index in [2.05, 4.69) is 12.1 Å². The number of carbonyl (C=O) groups is 1. The van der Waals surface area contributed by atoms with E-state index in [1.54, 1.807) is 27.2 Å². The molecule has 0 aromatic heterocycles. The molecular formula is C20H24O4. The molecule has 4 nitrogen and oxygen atoms in total. The summed E-state index contributed by atoms with van der Waals surface area (Å²) in [6, 6.07) is 13.7. The molecular weight excluding hydrogens is 304 g/mol. The maximum atomic E-state index is 12.2. The maximum Gasteiger partial charge on any atom is 0.342 e. The molecule has 0 aliphatic heterocycles. The molecule has 0 aliphatic carbocycles. The van der Waals surface area contributed by atoms with Crippen LogP contribution >= 0.6 is 0 Å². The number of methoxy groups -OCH3 is 2. The average molecular weight is 328 g/mol. The average Bonchev–Trinajstić information content (AvgIpc) is 2.62. The van der Waals surface area contributed by atoms with Gasteiger partial charge in [-0.25, -0.2) is 4.79 Å². The fourth-order valence-corrected chi connectivity index (χ4v) is 2.67. The quantitative estimate of drug-likeness (QED) is 0.686. The Morgan fingerprint density at radius 1 is 0.958 bits per heavy atom. The van der Waals surface area contributed by atoms with Crippen molar-refractivity contribution < 1.29 is 19.0 Å². The zero-order valence-electron chi connectivity index (χ0n) is 14.5. The van der Waals surface area contributed by atoms with Crippen LogP contribution in [0.15, 0.2) is 42.5 Å². The smallest absolute Gasteiger partial charge is 0.342 e. The second kappa shape index (κ2) is 8.96. The highest BCUT2D eigenvalue weighted by molar-refractivity contribution is 5.94. The number of aryl methyl sites for hydroxylation is 2. The number of benzene rings is 2. The first kappa shape index (κ1) is 17.9. The molecule has 24 heavy (non-hydrogen) atoms. The molecule has 0 saturated carbocycles. The van der Waals surface area contributed by atoms with Gasteiger partial charge in [0.1, 0.15) is 17.1 Å². The summed E-state index contributed by atoms with van der Waals surface area (Å²) in [6.07, 6.45) is 2.66. The fourth-order valence-electron chi connectivity index (χ4n) is 2.67. The van der Waals surface area contributed by atoms with E-state index in [1.807, 2.05) is 24.3 Å². The Kier molecular flexibility index (Phi) is 6.67. The van der Waals surface area contributed by atoms with Crippen LogP contribution in [0.2, 0.25) is 0 Å². The predicted molar refractivity (Wildman–Crippen MR) is 94.0 cm³/mol. The van der Waals surface area contributed by atoms with Crippen LogP contribution in [0.3, 0.4) is 0 Å². The van der Waals surface area contributed by atoms with Crippen LogP contribution in [0.25, 0.3) is 0 Å². The summed E-state index contributed by atoms with van der Waals surface area (Å²) in [5.41, 5.74) is 2.74. The molecule has 0 fully saturated rings. The molecule has 0 N–H and O–H groups in total. The monoisotopic (exact) mass is 328 g/mol. The van der Waals surface area contributed by atoms with E-state index in [9.17, 15) is 4.79 Å². The highest BCUT2D eigenvalue weighted by atomic mass is 16.5. The van der Waals surface area contributed by atoms with Crippen molar-refractivity contribution in [2.24, 2.45) is 0 Å². The molecule has 0 saturated heterocycles. The minimum Gasteiger partial charge on any atom is -0.497 e. The third kappa shape index (κ3) is 4.51. The lowest BCUT2D eigenvalue weighted by Crippen LogP contribution is -2.10. The van der Waals surface area contributed by atoms with Crippen molar-refractivity contribution in [1.82, 2.24) is 0 Å². The molecule has 0 heterocycles. The van der Waals surface area contributed by atoms with Crippen molar-refractivity contribution in [3.8, 4) is 11.5 Å². The minimum absolute atomic E-state index is 0.325. The third-order valence-electron chi connectivity index (χ3n) is 3.88. The summed E-state index contributed by atoms with van der Waals surface area (Å²) in [4.78, 5) is 12.2. The summed E-state index contributed by atoms with van der Waals surface area (Å²) in [5.74, 6) is 1.10. The molecule has 0 spiro atoms. The highest BCUT2D eigenvalue weighted by Gasteiger charge is 2.18. The van der Waals surface area contributed by atoms with Crippen LogP contribution in [-0.2, 0) is 17.6 Å². The topological polar surface area (TPSA) is 44.8 Å². The van der Waals surface area contributed by atoms with Crippen LogP contribution in [0.4, 0.5) is 0 Å². The normalized spacial score (nSPS) is 10.3. The van der Waals surface area contributed by atoms with E-state index in [-0.39, 0.29) is 5.97 Å². The number of hydrogen-bond acceptors (Lipinski definition) is 4. The third-order valence-corrected chi connectivity index (χ3v) is 3.88. The van der Waals surface area contributed by atoms with Crippen molar-refractivity contribution in [1.29, 1.82) is 0 Å². The second-order valence-corrected chi connectivity index (χ2v) is 5.42. The Bertz CT molecular complexity index is 662. The zero-order chi connectivity index (χ0) is 17.4. The molecule has 0 aliphatic rings. The van der Waals surface area contributed by atoms with Gasteiger partial charge >= 0.3 is 5.97 Å². The van der Waals surface area contributed by atoms with Gasteiger partial charge in [-0.2, -0.15) is 0 Å². The predicted octanol–water partition coefficient (Wildman–Crippen LogP) is 4.06. The van der Waals surface area contributed by atoms with Gasteiger partial charge in [0.2, 0.25) is 0 Å². The van der Waals surface area contributed by atoms with Crippen molar-refractivity contribution >= 4 is 5.97 Å². The first-order chi connectivity index (χ1) is 11.7. The number of hydrogen-bond donors (Lipinski definition) is 0. The number of ether oxygens (including phenoxy) is 3. The van der Waals surface area contributed by atoms with Crippen LogP contribution in [0, 0.1) is 0 Å². The lowest BCUT2D eigenvalue weighted by atomic mass is 9.99. The van der Waals surface area contributed by atoms with Gasteiger partial charge in [0.15, 0.2) is 0 Å². The number of rotatable bonds is 8. The molecule has 0 radical (unpaired) electrons. The Balaban J connectivity index is 2.06. The summed E-state index contributed by atoms with van der Waals surface area (Å²) >= 11 is 0. The van der Waals surface area contributed by atoms with E-state index in [1.165, 1.54) is 5.56 Å². The first-order valence-electron chi connectivity index (χ1n) is 8.15. The lowest BCUT2D eigenvalue weighted by Gasteiger charge is -2.13. The molecule has 2 aromatic carbocycles. The highest BCUT2D eigenvalue weighted by Crippen LogP contribution is 2.25. The molecule has 0 amide bonds. The van der Waals surface area contributed by atoms with E-state index in [0.717, 1.165) is 30.6 Å². The molecule has 0 unspecified atom stereocenters. The molecule has 0 atom stereocenters. The SMILES string of the molecule is CCOC(=O)c1c(CCCc2ccc(OC)cc2)cccc1OC. The molecule has 4 heteroatoms. The van der Waals surface area contributed by atoms with Gasteiger partial charge < -0.3 is 14.2 Å². The zero-order valence-corrected chi connectivity index (χ0v) is 14.5. The Morgan fingerprint density at radius 2 is 1.71 bits per heavy atom. The molecule has 0 bridgehead atoms. The van der Waals surface area contributed by atoms with Crippen molar-refractivity contribution in [3.05, 3.63) is 59.2 Å². The Labute approximate surface area is 143 Å². The number of esters is 1. The van der Waals surface area contributed by atoms with E-state index >= 15 is 0 Å².